The molecule has 0 aliphatic carbocycles. The van der Waals surface area contributed by atoms with Crippen molar-refractivity contribution in [2.24, 2.45) is 0 Å². The van der Waals surface area contributed by atoms with Gasteiger partial charge in [0, 0.05) is 16.9 Å². The molecule has 1 aliphatic rings. The third-order valence-electron chi connectivity index (χ3n) is 5.39. The predicted molar refractivity (Wildman–Crippen MR) is 119 cm³/mol. The average Bonchev–Trinajstić information content (AvgIpc) is 3.15. The number of halogens is 1. The number of carbonyl (C=O) groups is 1. The highest BCUT2D eigenvalue weighted by Crippen LogP contribution is 2.31. The molecule has 0 spiro atoms. The monoisotopic (exact) mass is 439 g/mol. The Balaban J connectivity index is 0.000000730. The van der Waals surface area contributed by atoms with E-state index in [1.165, 1.54) is 0 Å². The minimum absolute atomic E-state index is 0.250. The van der Waals surface area contributed by atoms with Gasteiger partial charge in [-0.1, -0.05) is 11.3 Å². The number of rotatable bonds is 2. The van der Waals surface area contributed by atoms with E-state index in [1.807, 2.05) is 32.0 Å². The molecule has 4 heterocycles. The molecule has 2 N–H and O–H groups in total. The molecular formula is C22H22FN5O2S. The van der Waals surface area contributed by atoms with Crippen LogP contribution in [0.15, 0.2) is 24.3 Å². The third-order valence-corrected chi connectivity index (χ3v) is 6.26. The molecular weight excluding hydrogens is 417 g/mol. The number of aryl methyl sites for hydroxylation is 2. The fraction of sp³-hybridized carbons (Fsp3) is 0.318. The highest BCUT2D eigenvalue weighted by molar-refractivity contribution is 7.18. The van der Waals surface area contributed by atoms with Crippen LogP contribution in [0.1, 0.15) is 35.0 Å². The van der Waals surface area contributed by atoms with Crippen molar-refractivity contribution >= 4 is 39.1 Å². The molecule has 9 heteroatoms. The minimum Gasteiger partial charge on any atom is -0.483 e. The minimum atomic E-state index is -0.280. The van der Waals surface area contributed by atoms with Gasteiger partial charge in [-0.3, -0.25) is 4.79 Å². The SMILES string of the molecule is Cc1nc2c(C)cc(-c3cc(F)c4cc(C5CCNCC5)nnc4c3)nc2s1.O=CO. The highest BCUT2D eigenvalue weighted by Gasteiger charge is 2.19. The Kier molecular flexibility index (Phi) is 6.15. The van der Waals surface area contributed by atoms with Crippen LogP contribution in [0.25, 0.3) is 32.5 Å². The molecule has 0 bridgehead atoms. The zero-order valence-electron chi connectivity index (χ0n) is 17.2. The topological polar surface area (TPSA) is 101 Å². The summed E-state index contributed by atoms with van der Waals surface area (Å²) in [4.78, 5) is 18.5. The predicted octanol–water partition coefficient (Wildman–Crippen LogP) is 4.23. The maximum absolute atomic E-state index is 15.0. The molecule has 1 aromatic carbocycles. The van der Waals surface area contributed by atoms with Gasteiger partial charge in [0.2, 0.25) is 0 Å². The van der Waals surface area contributed by atoms with E-state index in [2.05, 4.69) is 20.5 Å². The molecule has 0 radical (unpaired) electrons. The molecule has 1 fully saturated rings. The normalized spacial score (nSPS) is 14.4. The van der Waals surface area contributed by atoms with E-state index in [4.69, 9.17) is 14.9 Å². The second-order valence-corrected chi connectivity index (χ2v) is 8.68. The van der Waals surface area contributed by atoms with Crippen LogP contribution in [0.4, 0.5) is 4.39 Å². The van der Waals surface area contributed by atoms with E-state index < -0.39 is 0 Å². The van der Waals surface area contributed by atoms with E-state index >= 15 is 0 Å². The van der Waals surface area contributed by atoms with Crippen molar-refractivity contribution in [2.75, 3.05) is 13.1 Å². The Morgan fingerprint density at radius 3 is 2.61 bits per heavy atom. The number of hydrogen-bond acceptors (Lipinski definition) is 7. The largest absolute Gasteiger partial charge is 0.483 e. The number of fused-ring (bicyclic) bond motifs is 2. The number of carboxylic acid groups (broad SMARTS) is 1. The molecule has 160 valence electrons. The van der Waals surface area contributed by atoms with Crippen LogP contribution in [0.3, 0.4) is 0 Å². The quantitative estimate of drug-likeness (QED) is 0.451. The van der Waals surface area contributed by atoms with Crippen LogP contribution >= 0.6 is 11.3 Å². The summed E-state index contributed by atoms with van der Waals surface area (Å²) in [7, 11) is 0. The number of nitrogens with one attached hydrogen (secondary N) is 1. The van der Waals surface area contributed by atoms with Crippen LogP contribution in [-0.2, 0) is 4.79 Å². The molecule has 0 saturated carbocycles. The highest BCUT2D eigenvalue weighted by atomic mass is 32.1. The van der Waals surface area contributed by atoms with Gasteiger partial charge in [0.25, 0.3) is 6.47 Å². The second kappa shape index (κ2) is 8.99. The Hall–Kier alpha value is -3.04. The summed E-state index contributed by atoms with van der Waals surface area (Å²) in [6.07, 6.45) is 2.02. The van der Waals surface area contributed by atoms with Crippen LogP contribution in [0, 0.1) is 19.7 Å². The van der Waals surface area contributed by atoms with Crippen molar-refractivity contribution in [3.8, 4) is 11.3 Å². The van der Waals surface area contributed by atoms with Gasteiger partial charge >= 0.3 is 0 Å². The number of benzene rings is 1. The molecule has 0 amide bonds. The fourth-order valence-corrected chi connectivity index (χ4v) is 4.76. The van der Waals surface area contributed by atoms with Gasteiger partial charge in [0.1, 0.15) is 16.2 Å². The summed E-state index contributed by atoms with van der Waals surface area (Å²) in [5.74, 6) is 0.0659. The van der Waals surface area contributed by atoms with Crippen LogP contribution in [-0.4, -0.2) is 44.8 Å². The maximum atomic E-state index is 15.0. The number of pyridine rings is 1. The Morgan fingerprint density at radius 1 is 1.13 bits per heavy atom. The van der Waals surface area contributed by atoms with Gasteiger partial charge in [-0.15, -0.1) is 0 Å². The molecule has 7 nitrogen and oxygen atoms in total. The molecule has 31 heavy (non-hydrogen) atoms. The molecule has 0 unspecified atom stereocenters. The lowest BCUT2D eigenvalue weighted by Crippen LogP contribution is -2.27. The number of aromatic nitrogens is 4. The van der Waals surface area contributed by atoms with Crippen molar-refractivity contribution in [2.45, 2.75) is 32.6 Å². The fourth-order valence-electron chi connectivity index (χ4n) is 3.89. The second-order valence-electron chi connectivity index (χ2n) is 7.50. The number of thiazole rings is 1. The van der Waals surface area contributed by atoms with E-state index in [0.717, 1.165) is 58.2 Å². The van der Waals surface area contributed by atoms with Crippen molar-refractivity contribution < 1.29 is 14.3 Å². The third kappa shape index (κ3) is 4.38. The maximum Gasteiger partial charge on any atom is 0.290 e. The summed E-state index contributed by atoms with van der Waals surface area (Å²) in [5.41, 5.74) is 4.85. The molecule has 4 aromatic rings. The molecule has 1 aliphatic heterocycles. The van der Waals surface area contributed by atoms with Gasteiger partial charge in [0.05, 0.1) is 21.9 Å². The lowest BCUT2D eigenvalue weighted by molar-refractivity contribution is -0.122. The molecule has 1 saturated heterocycles. The van der Waals surface area contributed by atoms with Crippen LogP contribution < -0.4 is 5.32 Å². The van der Waals surface area contributed by atoms with Gasteiger partial charge in [-0.25, -0.2) is 14.4 Å². The zero-order chi connectivity index (χ0) is 22.0. The standard InChI is InChI=1S/C21H20FN5S.CH2O2/c1-11-7-17(25-21-20(11)24-12(2)28-21)14-8-16(22)15-10-18(26-27-19(15)9-14)13-3-5-23-6-4-13;2-1-3/h7-10,13,23H,3-6H2,1-2H3;1H,(H,2,3). The summed E-state index contributed by atoms with van der Waals surface area (Å²) in [6, 6.07) is 7.25. The molecule has 3 aromatic heterocycles. The van der Waals surface area contributed by atoms with Gasteiger partial charge < -0.3 is 10.4 Å². The smallest absolute Gasteiger partial charge is 0.290 e. The number of nitrogens with zero attached hydrogens (tertiary/aromatic N) is 4. The Bertz CT molecular complexity index is 1250. The summed E-state index contributed by atoms with van der Waals surface area (Å²) >= 11 is 1.55. The first-order valence-electron chi connectivity index (χ1n) is 10.0. The first-order valence-corrected chi connectivity index (χ1v) is 10.8. The van der Waals surface area contributed by atoms with Crippen molar-refractivity contribution in [1.29, 1.82) is 0 Å². The van der Waals surface area contributed by atoms with E-state index in [1.54, 1.807) is 17.4 Å². The first kappa shape index (κ1) is 21.2. The van der Waals surface area contributed by atoms with Gasteiger partial charge in [0.15, 0.2) is 0 Å². The van der Waals surface area contributed by atoms with Crippen molar-refractivity contribution in [1.82, 2.24) is 25.5 Å². The summed E-state index contributed by atoms with van der Waals surface area (Å²) in [5, 5.41) is 20.5. The van der Waals surface area contributed by atoms with Crippen molar-refractivity contribution in [3.05, 3.63) is 46.3 Å². The first-order chi connectivity index (χ1) is 15.0. The number of hydrogen-bond donors (Lipinski definition) is 2. The summed E-state index contributed by atoms with van der Waals surface area (Å²) in [6.45, 7) is 5.67. The zero-order valence-corrected chi connectivity index (χ0v) is 18.0. The lowest BCUT2D eigenvalue weighted by Gasteiger charge is -2.21. The van der Waals surface area contributed by atoms with E-state index in [9.17, 15) is 4.39 Å². The van der Waals surface area contributed by atoms with Gasteiger partial charge in [-0.2, -0.15) is 10.2 Å². The van der Waals surface area contributed by atoms with Crippen LogP contribution in [0.5, 0.6) is 0 Å². The van der Waals surface area contributed by atoms with Gasteiger partial charge in [-0.05, 0) is 69.6 Å². The number of piperidine rings is 1. The molecule has 0 atom stereocenters. The Morgan fingerprint density at radius 2 is 1.87 bits per heavy atom. The van der Waals surface area contributed by atoms with E-state index in [-0.39, 0.29) is 12.3 Å². The summed E-state index contributed by atoms with van der Waals surface area (Å²) < 4.78 is 15.0. The lowest BCUT2D eigenvalue weighted by atomic mass is 9.93. The van der Waals surface area contributed by atoms with Crippen molar-refractivity contribution in [3.63, 3.8) is 0 Å². The average molecular weight is 440 g/mol. The van der Waals surface area contributed by atoms with Crippen LogP contribution in [0.2, 0.25) is 0 Å². The van der Waals surface area contributed by atoms with E-state index in [0.29, 0.717) is 22.4 Å². The Labute approximate surface area is 182 Å². The molecule has 5 rings (SSSR count).